The maximum Gasteiger partial charge on any atom is 0.279 e. The molecule has 2 amide bonds. The van der Waals surface area contributed by atoms with Crippen molar-refractivity contribution in [1.82, 2.24) is 20.6 Å². The van der Waals surface area contributed by atoms with Gasteiger partial charge in [-0.05, 0) is 48.7 Å². The molecule has 9 heteroatoms. The van der Waals surface area contributed by atoms with E-state index in [0.717, 1.165) is 15.9 Å². The molecule has 0 spiro atoms. The fourth-order valence-electron chi connectivity index (χ4n) is 2.56. The minimum Gasteiger partial charge on any atom is -0.266 e. The van der Waals surface area contributed by atoms with Gasteiger partial charge in [-0.3, -0.25) is 20.4 Å². The lowest BCUT2D eigenvalue weighted by Crippen LogP contribution is -2.41. The number of hydrazine groups is 1. The molecule has 136 valence electrons. The number of nitrogens with zero attached hydrogens (tertiary/aromatic N) is 2. The first-order valence-electron chi connectivity index (χ1n) is 7.92. The van der Waals surface area contributed by atoms with E-state index >= 15 is 0 Å². The van der Waals surface area contributed by atoms with Gasteiger partial charge in [-0.15, -0.1) is 22.7 Å². The summed E-state index contributed by atoms with van der Waals surface area (Å²) in [7, 11) is 0. The number of halogens is 1. The van der Waals surface area contributed by atoms with Crippen LogP contribution in [0.1, 0.15) is 25.0 Å². The maximum atomic E-state index is 13.2. The summed E-state index contributed by atoms with van der Waals surface area (Å²) < 4.78 is 14.8. The molecular formula is C18H13FN4O2S2. The van der Waals surface area contributed by atoms with Gasteiger partial charge < -0.3 is 0 Å². The fraction of sp³-hybridized carbons (Fsp3) is 0.0556. The molecule has 6 nitrogen and oxygen atoms in total. The predicted octanol–water partition coefficient (Wildman–Crippen LogP) is 3.67. The molecule has 0 bridgehead atoms. The number of carbonyl (C=O) groups is 2. The van der Waals surface area contributed by atoms with E-state index in [1.807, 2.05) is 6.92 Å². The van der Waals surface area contributed by atoms with Crippen LogP contribution in [-0.4, -0.2) is 21.6 Å². The molecule has 0 fully saturated rings. The molecule has 0 aliphatic heterocycles. The molecule has 0 aliphatic rings. The van der Waals surface area contributed by atoms with E-state index in [9.17, 15) is 14.0 Å². The number of aryl methyl sites for hydroxylation is 1. The number of fused-ring (bicyclic) bond motifs is 1. The molecule has 0 unspecified atom stereocenters. The van der Waals surface area contributed by atoms with Gasteiger partial charge in [0.15, 0.2) is 0 Å². The first kappa shape index (κ1) is 17.4. The number of benzene rings is 1. The highest BCUT2D eigenvalue weighted by Gasteiger charge is 2.18. The fourth-order valence-corrected chi connectivity index (χ4v) is 4.26. The van der Waals surface area contributed by atoms with Crippen molar-refractivity contribution in [3.63, 3.8) is 0 Å². The van der Waals surface area contributed by atoms with E-state index in [-0.39, 0.29) is 11.7 Å². The highest BCUT2D eigenvalue weighted by molar-refractivity contribution is 7.20. The summed E-state index contributed by atoms with van der Waals surface area (Å²) in [5.74, 6) is -1.11. The maximum absolute atomic E-state index is 13.2. The Morgan fingerprint density at radius 3 is 2.44 bits per heavy atom. The van der Waals surface area contributed by atoms with Crippen molar-refractivity contribution in [2.45, 2.75) is 6.92 Å². The quantitative estimate of drug-likeness (QED) is 0.515. The van der Waals surface area contributed by atoms with Gasteiger partial charge >= 0.3 is 0 Å². The normalized spacial score (nSPS) is 10.9. The monoisotopic (exact) mass is 400 g/mol. The SMILES string of the molecule is Cc1nn(-c2ccc(F)cc2)c2sc(C(=O)NNC(=O)c3cccs3)cc12. The highest BCUT2D eigenvalue weighted by atomic mass is 32.1. The molecule has 1 aromatic carbocycles. The van der Waals surface area contributed by atoms with E-state index in [2.05, 4.69) is 16.0 Å². The lowest BCUT2D eigenvalue weighted by Gasteiger charge is -2.04. The zero-order valence-electron chi connectivity index (χ0n) is 14.0. The molecule has 0 saturated heterocycles. The molecule has 4 rings (SSSR count). The van der Waals surface area contributed by atoms with Crippen LogP contribution >= 0.6 is 22.7 Å². The second-order valence-electron chi connectivity index (χ2n) is 5.69. The summed E-state index contributed by atoms with van der Waals surface area (Å²) in [4.78, 5) is 26.0. The molecule has 27 heavy (non-hydrogen) atoms. The van der Waals surface area contributed by atoms with E-state index in [1.54, 1.807) is 40.4 Å². The first-order chi connectivity index (χ1) is 13.0. The van der Waals surface area contributed by atoms with Crippen LogP contribution in [0.3, 0.4) is 0 Å². The largest absolute Gasteiger partial charge is 0.279 e. The standard InChI is InChI=1S/C18H13FN4O2S2/c1-10-13-9-15(17(25)21-20-16(24)14-3-2-8-26-14)27-18(13)23(22-10)12-6-4-11(19)5-7-12/h2-9H,1H3,(H,20,24)(H,21,25). The molecule has 3 heterocycles. The van der Waals surface area contributed by atoms with Crippen molar-refractivity contribution in [3.8, 4) is 5.69 Å². The Morgan fingerprint density at radius 2 is 1.78 bits per heavy atom. The third-order valence-corrected chi connectivity index (χ3v) is 5.85. The Bertz CT molecular complexity index is 1130. The lowest BCUT2D eigenvalue weighted by molar-refractivity contribution is 0.0851. The van der Waals surface area contributed by atoms with Crippen molar-refractivity contribution in [1.29, 1.82) is 0 Å². The molecular weight excluding hydrogens is 387 g/mol. The van der Waals surface area contributed by atoms with Crippen LogP contribution in [0.15, 0.2) is 47.8 Å². The topological polar surface area (TPSA) is 76.0 Å². The Kier molecular flexibility index (Phi) is 4.46. The van der Waals surface area contributed by atoms with Crippen LogP contribution in [0.25, 0.3) is 15.9 Å². The number of rotatable bonds is 3. The number of aromatic nitrogens is 2. The van der Waals surface area contributed by atoms with Crippen molar-refractivity contribution in [2.75, 3.05) is 0 Å². The van der Waals surface area contributed by atoms with Crippen molar-refractivity contribution >= 4 is 44.7 Å². The Hall–Kier alpha value is -3.04. The summed E-state index contributed by atoms with van der Waals surface area (Å²) in [5.41, 5.74) is 6.28. The first-order valence-corrected chi connectivity index (χ1v) is 9.62. The van der Waals surface area contributed by atoms with E-state index in [0.29, 0.717) is 15.4 Å². The smallest absolute Gasteiger partial charge is 0.266 e. The van der Waals surface area contributed by atoms with Gasteiger partial charge in [0, 0.05) is 5.39 Å². The average molecular weight is 400 g/mol. The van der Waals surface area contributed by atoms with Crippen molar-refractivity contribution < 1.29 is 14.0 Å². The highest BCUT2D eigenvalue weighted by Crippen LogP contribution is 2.30. The van der Waals surface area contributed by atoms with Gasteiger partial charge in [-0.25, -0.2) is 9.07 Å². The number of amides is 2. The Labute approximate surface area is 161 Å². The number of hydrogen-bond donors (Lipinski definition) is 2. The number of hydrogen-bond acceptors (Lipinski definition) is 5. The summed E-state index contributed by atoms with van der Waals surface area (Å²) in [6.45, 7) is 1.84. The van der Waals surface area contributed by atoms with Gasteiger partial charge in [0.25, 0.3) is 11.8 Å². The average Bonchev–Trinajstić information content (AvgIpc) is 3.39. The van der Waals surface area contributed by atoms with E-state index in [4.69, 9.17) is 0 Å². The zero-order valence-corrected chi connectivity index (χ0v) is 15.7. The predicted molar refractivity (Wildman–Crippen MR) is 103 cm³/mol. The van der Waals surface area contributed by atoms with Crippen LogP contribution < -0.4 is 10.9 Å². The lowest BCUT2D eigenvalue weighted by atomic mass is 10.3. The minimum absolute atomic E-state index is 0.327. The minimum atomic E-state index is -0.411. The van der Waals surface area contributed by atoms with Gasteiger partial charge in [-0.1, -0.05) is 6.07 Å². The molecule has 0 saturated carbocycles. The summed E-state index contributed by atoms with van der Waals surface area (Å²) in [5, 5.41) is 7.08. The van der Waals surface area contributed by atoms with Gasteiger partial charge in [-0.2, -0.15) is 5.10 Å². The van der Waals surface area contributed by atoms with Crippen LogP contribution in [0.4, 0.5) is 4.39 Å². The molecule has 0 radical (unpaired) electrons. The number of carbonyl (C=O) groups excluding carboxylic acids is 2. The summed E-state index contributed by atoms with van der Waals surface area (Å²) in [6.07, 6.45) is 0. The van der Waals surface area contributed by atoms with Crippen LogP contribution in [0, 0.1) is 12.7 Å². The van der Waals surface area contributed by atoms with Crippen molar-refractivity contribution in [2.24, 2.45) is 0 Å². The Morgan fingerprint density at radius 1 is 1.07 bits per heavy atom. The second-order valence-corrected chi connectivity index (χ2v) is 7.67. The van der Waals surface area contributed by atoms with Crippen LogP contribution in [0.5, 0.6) is 0 Å². The van der Waals surface area contributed by atoms with Gasteiger partial charge in [0.1, 0.15) is 10.6 Å². The van der Waals surface area contributed by atoms with E-state index in [1.165, 1.54) is 34.8 Å². The Balaban J connectivity index is 1.58. The summed E-state index contributed by atoms with van der Waals surface area (Å²) >= 11 is 2.53. The molecule has 2 N–H and O–H groups in total. The molecule has 4 aromatic rings. The van der Waals surface area contributed by atoms with Gasteiger partial charge in [0.05, 0.1) is 21.1 Å². The third kappa shape index (κ3) is 3.34. The molecule has 0 atom stereocenters. The zero-order chi connectivity index (χ0) is 19.0. The van der Waals surface area contributed by atoms with Crippen LogP contribution in [-0.2, 0) is 0 Å². The van der Waals surface area contributed by atoms with E-state index < -0.39 is 5.91 Å². The molecule has 3 aromatic heterocycles. The third-order valence-electron chi connectivity index (χ3n) is 3.87. The van der Waals surface area contributed by atoms with Crippen LogP contribution in [0.2, 0.25) is 0 Å². The summed E-state index contributed by atoms with van der Waals surface area (Å²) in [6, 6.07) is 11.1. The van der Waals surface area contributed by atoms with Crippen molar-refractivity contribution in [3.05, 3.63) is 69.1 Å². The second kappa shape index (κ2) is 6.93. The number of nitrogens with one attached hydrogen (secondary N) is 2. The molecule has 0 aliphatic carbocycles. The number of thiophene rings is 2. The van der Waals surface area contributed by atoms with Gasteiger partial charge in [0.2, 0.25) is 0 Å².